The highest BCUT2D eigenvalue weighted by Gasteiger charge is 2.15. The van der Waals surface area contributed by atoms with Crippen LogP contribution in [0.25, 0.3) is 11.0 Å². The smallest absolute Gasteiger partial charge is 0.349 e. The van der Waals surface area contributed by atoms with Crippen molar-refractivity contribution in [3.8, 4) is 5.75 Å². The summed E-state index contributed by atoms with van der Waals surface area (Å²) in [6.07, 6.45) is 5.36. The molecule has 24 heavy (non-hydrogen) atoms. The Balaban J connectivity index is 1.77. The zero-order valence-corrected chi connectivity index (χ0v) is 13.0. The number of nitrogens with zero attached hydrogens (tertiary/aromatic N) is 2. The Labute approximate surface area is 137 Å². The Morgan fingerprint density at radius 2 is 2.08 bits per heavy atom. The fourth-order valence-electron chi connectivity index (χ4n) is 2.31. The van der Waals surface area contributed by atoms with Crippen molar-refractivity contribution in [1.82, 2.24) is 15.3 Å². The zero-order valence-electron chi connectivity index (χ0n) is 13.0. The van der Waals surface area contributed by atoms with Crippen molar-refractivity contribution in [2.45, 2.75) is 6.42 Å². The van der Waals surface area contributed by atoms with E-state index in [1.807, 2.05) is 0 Å². The van der Waals surface area contributed by atoms with Crippen molar-refractivity contribution in [3.63, 3.8) is 0 Å². The molecule has 0 saturated heterocycles. The molecule has 1 amide bonds. The molecule has 0 fully saturated rings. The topological polar surface area (TPSA) is 94.3 Å². The van der Waals surface area contributed by atoms with Crippen LogP contribution in [0.3, 0.4) is 0 Å². The van der Waals surface area contributed by atoms with E-state index >= 15 is 0 Å². The fraction of sp³-hybridized carbons (Fsp3) is 0.176. The third-order valence-electron chi connectivity index (χ3n) is 3.50. The van der Waals surface area contributed by atoms with Crippen LogP contribution in [-0.2, 0) is 6.42 Å². The minimum absolute atomic E-state index is 0.0416. The second kappa shape index (κ2) is 6.91. The minimum Gasteiger partial charge on any atom is -0.493 e. The van der Waals surface area contributed by atoms with Gasteiger partial charge in [0.05, 0.1) is 7.11 Å². The van der Waals surface area contributed by atoms with E-state index in [0.717, 1.165) is 5.56 Å². The van der Waals surface area contributed by atoms with Gasteiger partial charge < -0.3 is 14.5 Å². The van der Waals surface area contributed by atoms with Gasteiger partial charge in [-0.3, -0.25) is 4.79 Å². The van der Waals surface area contributed by atoms with Gasteiger partial charge in [-0.2, -0.15) is 0 Å². The minimum atomic E-state index is -0.701. The molecule has 3 rings (SSSR count). The molecule has 0 atom stereocenters. The molecular formula is C17H15N3O4. The number of fused-ring (bicyclic) bond motifs is 1. The zero-order chi connectivity index (χ0) is 16.9. The number of amides is 1. The van der Waals surface area contributed by atoms with Gasteiger partial charge in [0.25, 0.3) is 5.91 Å². The average Bonchev–Trinajstić information content (AvgIpc) is 2.61. The number of para-hydroxylation sites is 1. The van der Waals surface area contributed by atoms with Gasteiger partial charge in [0, 0.05) is 24.3 Å². The first-order chi connectivity index (χ1) is 11.7. The number of benzene rings is 1. The summed E-state index contributed by atoms with van der Waals surface area (Å²) in [6, 6.07) is 6.70. The Bertz CT molecular complexity index is 922. The number of aromatic nitrogens is 2. The Hall–Kier alpha value is -3.22. The van der Waals surface area contributed by atoms with E-state index in [9.17, 15) is 9.59 Å². The van der Waals surface area contributed by atoms with Crippen LogP contribution in [0.2, 0.25) is 0 Å². The fourth-order valence-corrected chi connectivity index (χ4v) is 2.31. The number of hydrogen-bond donors (Lipinski definition) is 1. The molecule has 0 aliphatic heterocycles. The van der Waals surface area contributed by atoms with Crippen molar-refractivity contribution < 1.29 is 13.9 Å². The van der Waals surface area contributed by atoms with Gasteiger partial charge in [-0.05, 0) is 24.1 Å². The SMILES string of the molecule is COc1cccc2cc(C(=O)NCCc3cncnc3)c(=O)oc12. The predicted octanol–water partition coefficient (Wildman–Crippen LogP) is 1.56. The maximum Gasteiger partial charge on any atom is 0.349 e. The van der Waals surface area contributed by atoms with Crippen LogP contribution in [0.4, 0.5) is 0 Å². The summed E-state index contributed by atoms with van der Waals surface area (Å²) in [5.74, 6) is -0.0362. The number of carbonyl (C=O) groups is 1. The van der Waals surface area contributed by atoms with Gasteiger partial charge in [0.2, 0.25) is 0 Å². The molecule has 0 bridgehead atoms. The third kappa shape index (κ3) is 3.24. The molecule has 0 radical (unpaired) electrons. The monoisotopic (exact) mass is 325 g/mol. The molecule has 2 heterocycles. The van der Waals surface area contributed by atoms with E-state index in [2.05, 4.69) is 15.3 Å². The highest BCUT2D eigenvalue weighted by Crippen LogP contribution is 2.24. The first-order valence-electron chi connectivity index (χ1n) is 7.32. The third-order valence-corrected chi connectivity index (χ3v) is 3.50. The summed E-state index contributed by atoms with van der Waals surface area (Å²) < 4.78 is 10.4. The molecular weight excluding hydrogens is 310 g/mol. The lowest BCUT2D eigenvalue weighted by Gasteiger charge is -2.07. The van der Waals surface area contributed by atoms with Crippen LogP contribution in [0.5, 0.6) is 5.75 Å². The van der Waals surface area contributed by atoms with E-state index < -0.39 is 11.5 Å². The van der Waals surface area contributed by atoms with Gasteiger partial charge in [0.1, 0.15) is 11.9 Å². The molecule has 0 spiro atoms. The Kier molecular flexibility index (Phi) is 4.51. The van der Waals surface area contributed by atoms with Gasteiger partial charge >= 0.3 is 5.63 Å². The molecule has 2 aromatic heterocycles. The van der Waals surface area contributed by atoms with Gasteiger partial charge in [-0.1, -0.05) is 12.1 Å². The molecule has 1 N–H and O–H groups in total. The van der Waals surface area contributed by atoms with Crippen LogP contribution in [0, 0.1) is 0 Å². The number of nitrogens with one attached hydrogen (secondary N) is 1. The molecule has 0 aliphatic carbocycles. The lowest BCUT2D eigenvalue weighted by atomic mass is 10.1. The van der Waals surface area contributed by atoms with E-state index in [-0.39, 0.29) is 5.56 Å². The number of carbonyl (C=O) groups excluding carboxylic acids is 1. The van der Waals surface area contributed by atoms with Crippen LogP contribution >= 0.6 is 0 Å². The van der Waals surface area contributed by atoms with Crippen molar-refractivity contribution in [2.75, 3.05) is 13.7 Å². The molecule has 0 saturated carbocycles. The second-order valence-electron chi connectivity index (χ2n) is 5.08. The van der Waals surface area contributed by atoms with E-state index in [0.29, 0.717) is 29.7 Å². The van der Waals surface area contributed by atoms with E-state index in [1.54, 1.807) is 30.6 Å². The summed E-state index contributed by atoms with van der Waals surface area (Å²) in [5, 5.41) is 3.32. The molecule has 7 nitrogen and oxygen atoms in total. The Morgan fingerprint density at radius 1 is 1.29 bits per heavy atom. The van der Waals surface area contributed by atoms with Crippen LogP contribution < -0.4 is 15.7 Å². The van der Waals surface area contributed by atoms with Crippen molar-refractivity contribution >= 4 is 16.9 Å². The van der Waals surface area contributed by atoms with Crippen molar-refractivity contribution in [2.24, 2.45) is 0 Å². The van der Waals surface area contributed by atoms with Gasteiger partial charge in [-0.15, -0.1) is 0 Å². The summed E-state index contributed by atoms with van der Waals surface area (Å²) in [6.45, 7) is 0.363. The summed E-state index contributed by atoms with van der Waals surface area (Å²) in [4.78, 5) is 32.1. The predicted molar refractivity (Wildman–Crippen MR) is 87.1 cm³/mol. The molecule has 0 unspecified atom stereocenters. The maximum atomic E-state index is 12.2. The molecule has 3 aromatic rings. The van der Waals surface area contributed by atoms with Crippen LogP contribution in [0.15, 0.2) is 52.2 Å². The molecule has 0 aliphatic rings. The molecule has 7 heteroatoms. The standard InChI is InChI=1S/C17H15N3O4/c1-23-14-4-2-3-12-7-13(17(22)24-15(12)14)16(21)20-6-5-11-8-18-10-19-9-11/h2-4,7-10H,5-6H2,1H3,(H,20,21). The number of hydrogen-bond acceptors (Lipinski definition) is 6. The number of rotatable bonds is 5. The lowest BCUT2D eigenvalue weighted by Crippen LogP contribution is -2.30. The van der Waals surface area contributed by atoms with Gasteiger partial charge in [0.15, 0.2) is 11.3 Å². The summed E-state index contributed by atoms with van der Waals surface area (Å²) in [7, 11) is 1.49. The highest BCUT2D eigenvalue weighted by atomic mass is 16.5. The van der Waals surface area contributed by atoms with E-state index in [4.69, 9.17) is 9.15 Å². The number of ether oxygens (including phenoxy) is 1. The van der Waals surface area contributed by atoms with Crippen LogP contribution in [-0.4, -0.2) is 29.5 Å². The Morgan fingerprint density at radius 3 is 2.83 bits per heavy atom. The average molecular weight is 325 g/mol. The molecule has 1 aromatic carbocycles. The summed E-state index contributed by atoms with van der Waals surface area (Å²) in [5.41, 5.74) is 0.476. The lowest BCUT2D eigenvalue weighted by molar-refractivity contribution is 0.0950. The van der Waals surface area contributed by atoms with Gasteiger partial charge in [-0.25, -0.2) is 14.8 Å². The first kappa shape index (κ1) is 15.7. The van der Waals surface area contributed by atoms with E-state index in [1.165, 1.54) is 19.5 Å². The first-order valence-corrected chi connectivity index (χ1v) is 7.32. The van der Waals surface area contributed by atoms with Crippen LogP contribution in [0.1, 0.15) is 15.9 Å². The quantitative estimate of drug-likeness (QED) is 0.716. The largest absolute Gasteiger partial charge is 0.493 e. The normalized spacial score (nSPS) is 10.5. The number of methoxy groups -OCH3 is 1. The second-order valence-corrected chi connectivity index (χ2v) is 5.08. The highest BCUT2D eigenvalue weighted by molar-refractivity contribution is 5.97. The maximum absolute atomic E-state index is 12.2. The molecule has 122 valence electrons. The van der Waals surface area contributed by atoms with Crippen molar-refractivity contribution in [1.29, 1.82) is 0 Å². The summed E-state index contributed by atoms with van der Waals surface area (Å²) >= 11 is 0. The van der Waals surface area contributed by atoms with Crippen molar-refractivity contribution in [3.05, 3.63) is 64.5 Å².